The van der Waals surface area contributed by atoms with Gasteiger partial charge in [-0.05, 0) is 18.6 Å². The molecule has 6 heteroatoms. The lowest BCUT2D eigenvalue weighted by molar-refractivity contribution is 0.363. The molecule has 104 valence electrons. The van der Waals surface area contributed by atoms with Crippen LogP contribution in [0, 0.1) is 0 Å². The number of nitrogens with two attached hydrogens (primary N) is 1. The largest absolute Gasteiger partial charge is 0.342 e. The summed E-state index contributed by atoms with van der Waals surface area (Å²) in [6, 6.07) is 7.97. The van der Waals surface area contributed by atoms with Crippen molar-refractivity contribution in [3.05, 3.63) is 41.8 Å². The standard InChI is InChI=1S/C14H17N5O/c1-2-9(15)7-14-18-13(19-20-14)8-12-16-10-5-3-4-6-11(10)17-12/h3-6,9H,2,7-8,15H2,1H3,(H,16,17). The molecular weight excluding hydrogens is 254 g/mol. The van der Waals surface area contributed by atoms with Crippen LogP contribution in [0.1, 0.15) is 30.9 Å². The minimum Gasteiger partial charge on any atom is -0.342 e. The van der Waals surface area contributed by atoms with Crippen LogP contribution in [0.3, 0.4) is 0 Å². The van der Waals surface area contributed by atoms with Crippen molar-refractivity contribution >= 4 is 11.0 Å². The molecule has 2 heterocycles. The first kappa shape index (κ1) is 12.8. The first-order valence-electron chi connectivity index (χ1n) is 6.75. The van der Waals surface area contributed by atoms with E-state index < -0.39 is 0 Å². The Bertz CT molecular complexity index is 669. The van der Waals surface area contributed by atoms with Gasteiger partial charge in [-0.1, -0.05) is 24.2 Å². The molecule has 0 spiro atoms. The minimum absolute atomic E-state index is 0.0644. The average Bonchev–Trinajstić information content (AvgIpc) is 3.05. The number of H-pyrrole nitrogens is 1. The van der Waals surface area contributed by atoms with E-state index in [1.165, 1.54) is 0 Å². The molecule has 0 aliphatic heterocycles. The minimum atomic E-state index is 0.0644. The smallest absolute Gasteiger partial charge is 0.228 e. The predicted molar refractivity (Wildman–Crippen MR) is 75.2 cm³/mol. The lowest BCUT2D eigenvalue weighted by Gasteiger charge is -2.02. The number of aromatic amines is 1. The third-order valence-electron chi connectivity index (χ3n) is 3.24. The number of rotatable bonds is 5. The SMILES string of the molecule is CCC(N)Cc1nc(Cc2nc3ccccc3[nH]2)no1. The van der Waals surface area contributed by atoms with Gasteiger partial charge in [0.2, 0.25) is 5.89 Å². The Morgan fingerprint density at radius 1 is 1.30 bits per heavy atom. The number of aromatic nitrogens is 4. The van der Waals surface area contributed by atoms with Gasteiger partial charge in [-0.3, -0.25) is 0 Å². The van der Waals surface area contributed by atoms with Gasteiger partial charge in [0, 0.05) is 12.5 Å². The van der Waals surface area contributed by atoms with Gasteiger partial charge in [-0.25, -0.2) is 4.98 Å². The molecule has 0 bridgehead atoms. The third kappa shape index (κ3) is 2.70. The number of imidazole rings is 1. The fourth-order valence-electron chi connectivity index (χ4n) is 2.05. The zero-order valence-corrected chi connectivity index (χ0v) is 11.3. The number of para-hydroxylation sites is 2. The highest BCUT2D eigenvalue weighted by Gasteiger charge is 2.12. The molecule has 0 saturated carbocycles. The fourth-order valence-corrected chi connectivity index (χ4v) is 2.05. The van der Waals surface area contributed by atoms with E-state index in [0.717, 1.165) is 23.3 Å². The molecule has 0 fully saturated rings. The molecule has 1 aromatic carbocycles. The van der Waals surface area contributed by atoms with E-state index in [1.54, 1.807) is 0 Å². The molecule has 3 aromatic rings. The van der Waals surface area contributed by atoms with Crippen molar-refractivity contribution in [1.82, 2.24) is 20.1 Å². The van der Waals surface area contributed by atoms with Crippen molar-refractivity contribution in [3.8, 4) is 0 Å². The topological polar surface area (TPSA) is 93.6 Å². The second-order valence-electron chi connectivity index (χ2n) is 4.85. The molecule has 3 N–H and O–H groups in total. The summed E-state index contributed by atoms with van der Waals surface area (Å²) < 4.78 is 5.20. The Morgan fingerprint density at radius 3 is 2.95 bits per heavy atom. The summed E-state index contributed by atoms with van der Waals surface area (Å²) in [5, 5.41) is 3.97. The van der Waals surface area contributed by atoms with E-state index in [1.807, 2.05) is 31.2 Å². The third-order valence-corrected chi connectivity index (χ3v) is 3.24. The molecule has 20 heavy (non-hydrogen) atoms. The predicted octanol–water partition coefficient (Wildman–Crippen LogP) is 1.82. The van der Waals surface area contributed by atoms with E-state index >= 15 is 0 Å². The van der Waals surface area contributed by atoms with Crippen molar-refractivity contribution in [2.75, 3.05) is 0 Å². The van der Waals surface area contributed by atoms with Gasteiger partial charge in [0.05, 0.1) is 17.5 Å². The Balaban J connectivity index is 1.74. The Labute approximate surface area is 116 Å². The number of hydrogen-bond donors (Lipinski definition) is 2. The molecule has 3 rings (SSSR count). The maximum Gasteiger partial charge on any atom is 0.228 e. The summed E-state index contributed by atoms with van der Waals surface area (Å²) in [4.78, 5) is 12.1. The normalized spacial score (nSPS) is 12.9. The summed E-state index contributed by atoms with van der Waals surface area (Å²) in [6.07, 6.45) is 2.03. The lowest BCUT2D eigenvalue weighted by atomic mass is 10.2. The zero-order chi connectivity index (χ0) is 13.9. The summed E-state index contributed by atoms with van der Waals surface area (Å²) >= 11 is 0. The molecule has 2 aromatic heterocycles. The second kappa shape index (κ2) is 5.42. The molecule has 1 unspecified atom stereocenters. The Morgan fingerprint density at radius 2 is 2.15 bits per heavy atom. The summed E-state index contributed by atoms with van der Waals surface area (Å²) in [5.74, 6) is 2.05. The summed E-state index contributed by atoms with van der Waals surface area (Å²) in [5.41, 5.74) is 7.83. The molecule has 6 nitrogen and oxygen atoms in total. The van der Waals surface area contributed by atoms with E-state index in [2.05, 4.69) is 20.1 Å². The van der Waals surface area contributed by atoms with E-state index in [0.29, 0.717) is 24.6 Å². The van der Waals surface area contributed by atoms with Gasteiger partial charge >= 0.3 is 0 Å². The van der Waals surface area contributed by atoms with Crippen LogP contribution in [0.4, 0.5) is 0 Å². The molecule has 0 aliphatic rings. The van der Waals surface area contributed by atoms with Gasteiger partial charge in [-0.15, -0.1) is 0 Å². The van der Waals surface area contributed by atoms with E-state index in [-0.39, 0.29) is 6.04 Å². The highest BCUT2D eigenvalue weighted by molar-refractivity contribution is 5.74. The van der Waals surface area contributed by atoms with Crippen LogP contribution in [0.2, 0.25) is 0 Å². The number of hydrogen-bond acceptors (Lipinski definition) is 5. The average molecular weight is 271 g/mol. The highest BCUT2D eigenvalue weighted by Crippen LogP contribution is 2.12. The molecule has 0 aliphatic carbocycles. The summed E-state index contributed by atoms with van der Waals surface area (Å²) in [6.45, 7) is 2.04. The van der Waals surface area contributed by atoms with Crippen LogP contribution in [0.25, 0.3) is 11.0 Å². The molecule has 0 radical (unpaired) electrons. The van der Waals surface area contributed by atoms with Gasteiger partial charge in [0.1, 0.15) is 5.82 Å². The van der Waals surface area contributed by atoms with Crippen molar-refractivity contribution in [2.45, 2.75) is 32.2 Å². The molecular formula is C14H17N5O. The number of nitrogens with zero attached hydrogens (tertiary/aromatic N) is 3. The quantitative estimate of drug-likeness (QED) is 0.738. The van der Waals surface area contributed by atoms with Crippen LogP contribution < -0.4 is 5.73 Å². The number of nitrogens with one attached hydrogen (secondary N) is 1. The lowest BCUT2D eigenvalue weighted by Crippen LogP contribution is -2.21. The van der Waals surface area contributed by atoms with Crippen molar-refractivity contribution < 1.29 is 4.52 Å². The van der Waals surface area contributed by atoms with Crippen LogP contribution >= 0.6 is 0 Å². The second-order valence-corrected chi connectivity index (χ2v) is 4.85. The number of benzene rings is 1. The van der Waals surface area contributed by atoms with Crippen LogP contribution in [-0.2, 0) is 12.8 Å². The van der Waals surface area contributed by atoms with Crippen molar-refractivity contribution in [1.29, 1.82) is 0 Å². The van der Waals surface area contributed by atoms with Gasteiger partial charge < -0.3 is 15.2 Å². The van der Waals surface area contributed by atoms with Crippen LogP contribution in [0.15, 0.2) is 28.8 Å². The Hall–Kier alpha value is -2.21. The maximum absolute atomic E-state index is 5.87. The summed E-state index contributed by atoms with van der Waals surface area (Å²) in [7, 11) is 0. The van der Waals surface area contributed by atoms with Gasteiger partial charge in [-0.2, -0.15) is 4.98 Å². The fraction of sp³-hybridized carbons (Fsp3) is 0.357. The maximum atomic E-state index is 5.87. The van der Waals surface area contributed by atoms with Gasteiger partial charge in [0.25, 0.3) is 0 Å². The van der Waals surface area contributed by atoms with Gasteiger partial charge in [0.15, 0.2) is 5.82 Å². The van der Waals surface area contributed by atoms with Crippen LogP contribution in [0.5, 0.6) is 0 Å². The monoisotopic (exact) mass is 271 g/mol. The molecule has 0 amide bonds. The van der Waals surface area contributed by atoms with E-state index in [4.69, 9.17) is 10.3 Å². The molecule has 0 saturated heterocycles. The highest BCUT2D eigenvalue weighted by atomic mass is 16.5. The first-order valence-corrected chi connectivity index (χ1v) is 6.75. The Kier molecular flexibility index (Phi) is 3.47. The molecule has 1 atom stereocenters. The van der Waals surface area contributed by atoms with Crippen LogP contribution in [-0.4, -0.2) is 26.2 Å². The van der Waals surface area contributed by atoms with Crippen molar-refractivity contribution in [2.24, 2.45) is 5.73 Å². The van der Waals surface area contributed by atoms with E-state index in [9.17, 15) is 0 Å². The first-order chi connectivity index (χ1) is 9.74. The number of fused-ring (bicyclic) bond motifs is 1. The zero-order valence-electron chi connectivity index (χ0n) is 11.3. The van der Waals surface area contributed by atoms with Crippen molar-refractivity contribution in [3.63, 3.8) is 0 Å².